The minimum atomic E-state index is -0.00719. The number of carbonyl (C=O) groups excluding carboxylic acids is 1. The van der Waals surface area contributed by atoms with Gasteiger partial charge in [0, 0.05) is 25.0 Å². The van der Waals surface area contributed by atoms with E-state index in [0.717, 1.165) is 32.5 Å². The lowest BCUT2D eigenvalue weighted by molar-refractivity contribution is -0.141. The highest BCUT2D eigenvalue weighted by Crippen LogP contribution is 2.36. The number of cyclic esters (lactones) is 1. The maximum atomic E-state index is 11.6. The van der Waals surface area contributed by atoms with Crippen LogP contribution in [0, 0.1) is 11.8 Å². The highest BCUT2D eigenvalue weighted by Gasteiger charge is 2.34. The Morgan fingerprint density at radius 3 is 3.00 bits per heavy atom. The van der Waals surface area contributed by atoms with E-state index in [1.807, 2.05) is 18.5 Å². The van der Waals surface area contributed by atoms with Crippen molar-refractivity contribution in [3.05, 3.63) is 30.1 Å². The molecule has 0 spiro atoms. The molecule has 3 atom stereocenters. The number of hydrogen-bond donors (Lipinski definition) is 0. The lowest BCUT2D eigenvalue weighted by Crippen LogP contribution is -2.31. The van der Waals surface area contributed by atoms with E-state index in [0.29, 0.717) is 18.6 Å². The second-order valence-electron chi connectivity index (χ2n) is 6.96. The van der Waals surface area contributed by atoms with E-state index in [2.05, 4.69) is 34.9 Å². The quantitative estimate of drug-likeness (QED) is 0.751. The van der Waals surface area contributed by atoms with Crippen LogP contribution >= 0.6 is 0 Å². The van der Waals surface area contributed by atoms with E-state index < -0.39 is 0 Å². The summed E-state index contributed by atoms with van der Waals surface area (Å²) in [5, 5.41) is 0. The number of likely N-dealkylation sites (tertiary alicyclic amines) is 1. The standard InChI is InChI=1S/C18H27N3O2/c1-20(9-5-14-7-11-23-18(14)22)13-16-6-10-21(2)17(16)15-4-3-8-19-12-15/h3-4,8,12,14,16-17H,5-7,9-11,13H2,1-2H3/t14?,16-,17-/m0/s1. The van der Waals surface area contributed by atoms with E-state index in [1.54, 1.807) is 0 Å². The van der Waals surface area contributed by atoms with E-state index in [-0.39, 0.29) is 11.9 Å². The molecule has 2 aliphatic heterocycles. The summed E-state index contributed by atoms with van der Waals surface area (Å²) < 4.78 is 5.05. The fraction of sp³-hybridized carbons (Fsp3) is 0.667. The van der Waals surface area contributed by atoms with Crippen molar-refractivity contribution >= 4 is 5.97 Å². The molecule has 1 aromatic rings. The van der Waals surface area contributed by atoms with Gasteiger partial charge in [-0.1, -0.05) is 6.07 Å². The molecule has 23 heavy (non-hydrogen) atoms. The smallest absolute Gasteiger partial charge is 0.309 e. The van der Waals surface area contributed by atoms with Crippen LogP contribution in [-0.4, -0.2) is 61.1 Å². The average Bonchev–Trinajstić information content (AvgIpc) is 3.12. The van der Waals surface area contributed by atoms with E-state index in [1.165, 1.54) is 12.0 Å². The number of esters is 1. The van der Waals surface area contributed by atoms with Gasteiger partial charge in [-0.15, -0.1) is 0 Å². The number of rotatable bonds is 6. The van der Waals surface area contributed by atoms with Crippen molar-refractivity contribution in [2.24, 2.45) is 11.8 Å². The van der Waals surface area contributed by atoms with Crippen molar-refractivity contribution in [2.45, 2.75) is 25.3 Å². The molecule has 3 heterocycles. The van der Waals surface area contributed by atoms with Crippen molar-refractivity contribution in [1.82, 2.24) is 14.8 Å². The molecule has 3 rings (SSSR count). The van der Waals surface area contributed by atoms with Crippen LogP contribution in [0.15, 0.2) is 24.5 Å². The molecule has 0 aromatic carbocycles. The Morgan fingerprint density at radius 2 is 2.30 bits per heavy atom. The third-order valence-electron chi connectivity index (χ3n) is 5.25. The Morgan fingerprint density at radius 1 is 1.43 bits per heavy atom. The zero-order valence-electron chi connectivity index (χ0n) is 14.1. The van der Waals surface area contributed by atoms with Crippen molar-refractivity contribution in [2.75, 3.05) is 40.3 Å². The van der Waals surface area contributed by atoms with Crippen molar-refractivity contribution in [3.8, 4) is 0 Å². The van der Waals surface area contributed by atoms with Crippen LogP contribution in [0.4, 0.5) is 0 Å². The van der Waals surface area contributed by atoms with Gasteiger partial charge in [-0.25, -0.2) is 0 Å². The van der Waals surface area contributed by atoms with Gasteiger partial charge < -0.3 is 9.64 Å². The number of carbonyl (C=O) groups is 1. The number of nitrogens with zero attached hydrogens (tertiary/aromatic N) is 3. The van der Waals surface area contributed by atoms with Crippen LogP contribution < -0.4 is 0 Å². The summed E-state index contributed by atoms with van der Waals surface area (Å²) in [5.41, 5.74) is 1.31. The Hall–Kier alpha value is -1.46. The summed E-state index contributed by atoms with van der Waals surface area (Å²) >= 11 is 0. The molecule has 0 N–H and O–H groups in total. The number of ether oxygens (including phenoxy) is 1. The topological polar surface area (TPSA) is 45.7 Å². The molecule has 0 bridgehead atoms. The van der Waals surface area contributed by atoms with E-state index in [4.69, 9.17) is 4.74 Å². The lowest BCUT2D eigenvalue weighted by atomic mass is 9.94. The summed E-state index contributed by atoms with van der Waals surface area (Å²) in [7, 11) is 4.37. The molecule has 126 valence electrons. The Kier molecular flexibility index (Phi) is 5.28. The second kappa shape index (κ2) is 7.41. The van der Waals surface area contributed by atoms with Gasteiger partial charge in [0.25, 0.3) is 0 Å². The first-order valence-electron chi connectivity index (χ1n) is 8.60. The number of hydrogen-bond acceptors (Lipinski definition) is 5. The molecular weight excluding hydrogens is 290 g/mol. The van der Waals surface area contributed by atoms with Gasteiger partial charge in [-0.3, -0.25) is 14.7 Å². The molecule has 2 saturated heterocycles. The number of aromatic nitrogens is 1. The van der Waals surface area contributed by atoms with Crippen LogP contribution in [0.5, 0.6) is 0 Å². The Balaban J connectivity index is 1.54. The van der Waals surface area contributed by atoms with E-state index >= 15 is 0 Å². The highest BCUT2D eigenvalue weighted by atomic mass is 16.5. The summed E-state index contributed by atoms with van der Waals surface area (Å²) in [5.74, 6) is 0.717. The zero-order chi connectivity index (χ0) is 16.2. The highest BCUT2D eigenvalue weighted by molar-refractivity contribution is 5.74. The van der Waals surface area contributed by atoms with Crippen molar-refractivity contribution in [3.63, 3.8) is 0 Å². The molecule has 1 unspecified atom stereocenters. The fourth-order valence-electron chi connectivity index (χ4n) is 3.96. The molecule has 2 fully saturated rings. The molecule has 0 radical (unpaired) electrons. The minimum Gasteiger partial charge on any atom is -0.465 e. The first-order valence-corrected chi connectivity index (χ1v) is 8.60. The van der Waals surface area contributed by atoms with Crippen LogP contribution in [-0.2, 0) is 9.53 Å². The summed E-state index contributed by atoms with van der Waals surface area (Å²) in [6.45, 7) is 3.75. The van der Waals surface area contributed by atoms with Gasteiger partial charge in [-0.2, -0.15) is 0 Å². The predicted molar refractivity (Wildman–Crippen MR) is 88.9 cm³/mol. The fourth-order valence-corrected chi connectivity index (χ4v) is 3.96. The van der Waals surface area contributed by atoms with Crippen LogP contribution in [0.3, 0.4) is 0 Å². The van der Waals surface area contributed by atoms with Crippen molar-refractivity contribution in [1.29, 1.82) is 0 Å². The maximum Gasteiger partial charge on any atom is 0.309 e. The minimum absolute atomic E-state index is 0.00719. The molecule has 0 amide bonds. The van der Waals surface area contributed by atoms with Gasteiger partial charge in [0.05, 0.1) is 12.5 Å². The molecule has 0 saturated carbocycles. The van der Waals surface area contributed by atoms with Gasteiger partial charge in [0.15, 0.2) is 0 Å². The largest absolute Gasteiger partial charge is 0.465 e. The van der Waals surface area contributed by atoms with Gasteiger partial charge >= 0.3 is 5.97 Å². The summed E-state index contributed by atoms with van der Waals surface area (Å²) in [4.78, 5) is 20.6. The number of pyridine rings is 1. The van der Waals surface area contributed by atoms with Crippen LogP contribution in [0.1, 0.15) is 30.9 Å². The van der Waals surface area contributed by atoms with Gasteiger partial charge in [0.1, 0.15) is 0 Å². The summed E-state index contributed by atoms with van der Waals surface area (Å²) in [6.07, 6.45) is 6.84. The maximum absolute atomic E-state index is 11.6. The SMILES string of the molecule is CN(CCC1CCOC1=O)C[C@@H]1CCN(C)[C@H]1c1cccnc1. The monoisotopic (exact) mass is 317 g/mol. The third-order valence-corrected chi connectivity index (χ3v) is 5.25. The van der Waals surface area contributed by atoms with E-state index in [9.17, 15) is 4.79 Å². The molecule has 5 heteroatoms. The Bertz CT molecular complexity index is 522. The molecule has 0 aliphatic carbocycles. The first-order chi connectivity index (χ1) is 11.1. The average molecular weight is 317 g/mol. The molecule has 1 aromatic heterocycles. The van der Waals surface area contributed by atoms with Gasteiger partial charge in [0.2, 0.25) is 0 Å². The molecule has 5 nitrogen and oxygen atoms in total. The second-order valence-corrected chi connectivity index (χ2v) is 6.96. The summed E-state index contributed by atoms with van der Waals surface area (Å²) in [6, 6.07) is 4.65. The van der Waals surface area contributed by atoms with Gasteiger partial charge in [-0.05, 0) is 64.0 Å². The van der Waals surface area contributed by atoms with Crippen LogP contribution in [0.25, 0.3) is 0 Å². The molecule has 2 aliphatic rings. The predicted octanol–water partition coefficient (Wildman–Crippen LogP) is 1.96. The van der Waals surface area contributed by atoms with Crippen molar-refractivity contribution < 1.29 is 9.53 Å². The zero-order valence-corrected chi connectivity index (χ0v) is 14.1. The Labute approximate surface area is 138 Å². The third kappa shape index (κ3) is 3.90. The first kappa shape index (κ1) is 16.4. The molecular formula is C18H27N3O2. The normalized spacial score (nSPS) is 28.5. The van der Waals surface area contributed by atoms with Crippen LogP contribution in [0.2, 0.25) is 0 Å². The lowest BCUT2D eigenvalue weighted by Gasteiger charge is -2.29.